The molecule has 2 aromatic carbocycles. The van der Waals surface area contributed by atoms with Crippen LogP contribution in [0.5, 0.6) is 11.5 Å². The third kappa shape index (κ3) is 4.82. The molecule has 0 aromatic heterocycles. The number of ether oxygens (including phenoxy) is 2. The highest BCUT2D eigenvalue weighted by Crippen LogP contribution is 2.30. The molecule has 6 nitrogen and oxygen atoms in total. The van der Waals surface area contributed by atoms with Crippen molar-refractivity contribution >= 4 is 23.6 Å². The smallest absolute Gasteiger partial charge is 0.243 e. The van der Waals surface area contributed by atoms with Gasteiger partial charge in [-0.3, -0.25) is 9.59 Å². The predicted octanol–water partition coefficient (Wildman–Crippen LogP) is 1.92. The minimum Gasteiger partial charge on any atom is -0.486 e. The fourth-order valence-corrected chi connectivity index (χ4v) is 4.41. The summed E-state index contributed by atoms with van der Waals surface area (Å²) in [6.45, 7) is 0.645. The molecule has 0 unspecified atom stereocenters. The van der Waals surface area contributed by atoms with Crippen LogP contribution in [0.15, 0.2) is 48.5 Å². The van der Waals surface area contributed by atoms with Crippen molar-refractivity contribution in [2.24, 2.45) is 0 Å². The van der Waals surface area contributed by atoms with E-state index in [4.69, 9.17) is 9.47 Å². The summed E-state index contributed by atoms with van der Waals surface area (Å²) in [5.41, 5.74) is 0.886. The second kappa shape index (κ2) is 8.73. The predicted molar refractivity (Wildman–Crippen MR) is 108 cm³/mol. The van der Waals surface area contributed by atoms with Gasteiger partial charge in [0.2, 0.25) is 11.8 Å². The Bertz CT molecular complexity index is 893. The van der Waals surface area contributed by atoms with Gasteiger partial charge in [0, 0.05) is 5.75 Å². The summed E-state index contributed by atoms with van der Waals surface area (Å²) in [6, 6.07) is 12.9. The molecule has 2 aromatic rings. The number of para-hydroxylation sites is 2. The number of hydrogen-bond acceptors (Lipinski definition) is 5. The number of thioether (sulfide) groups is 1. The van der Waals surface area contributed by atoms with Crippen LogP contribution in [0.1, 0.15) is 5.56 Å². The molecule has 8 heteroatoms. The summed E-state index contributed by atoms with van der Waals surface area (Å²) >= 11 is 1.44. The number of carbonyl (C=O) groups excluding carboxylic acids is 2. The molecule has 1 fully saturated rings. The fourth-order valence-electron chi connectivity index (χ4n) is 3.22. The van der Waals surface area contributed by atoms with Gasteiger partial charge >= 0.3 is 0 Å². The summed E-state index contributed by atoms with van der Waals surface area (Å²) in [7, 11) is 0. The molecule has 2 amide bonds. The van der Waals surface area contributed by atoms with Gasteiger partial charge in [-0.15, -0.1) is 11.8 Å². The van der Waals surface area contributed by atoms with Crippen molar-refractivity contribution in [2.45, 2.75) is 23.8 Å². The minimum absolute atomic E-state index is 0.183. The van der Waals surface area contributed by atoms with E-state index in [1.54, 1.807) is 12.1 Å². The lowest BCUT2D eigenvalue weighted by atomic mass is 10.1. The highest BCUT2D eigenvalue weighted by atomic mass is 32.2. The number of hydrogen-bond donors (Lipinski definition) is 2. The van der Waals surface area contributed by atoms with Gasteiger partial charge in [0.15, 0.2) is 11.5 Å². The first-order chi connectivity index (χ1) is 14.1. The number of fused-ring (bicyclic) bond motifs is 1. The third-order valence-electron chi connectivity index (χ3n) is 4.80. The van der Waals surface area contributed by atoms with Gasteiger partial charge in [0.1, 0.15) is 24.6 Å². The van der Waals surface area contributed by atoms with Gasteiger partial charge in [0.25, 0.3) is 0 Å². The molecule has 2 N–H and O–H groups in total. The summed E-state index contributed by atoms with van der Waals surface area (Å²) in [5, 5.41) is 5.32. The molecule has 3 atom stereocenters. The Balaban J connectivity index is 1.24. The largest absolute Gasteiger partial charge is 0.486 e. The Labute approximate surface area is 172 Å². The van der Waals surface area contributed by atoms with E-state index in [-0.39, 0.29) is 29.0 Å². The van der Waals surface area contributed by atoms with Crippen molar-refractivity contribution in [1.82, 2.24) is 10.6 Å². The van der Waals surface area contributed by atoms with Gasteiger partial charge in [-0.2, -0.15) is 0 Å². The Hall–Kier alpha value is -2.74. The normalized spacial score (nSPS) is 23.2. The lowest BCUT2D eigenvalue weighted by molar-refractivity contribution is -0.128. The zero-order valence-corrected chi connectivity index (χ0v) is 16.4. The maximum absolute atomic E-state index is 13.0. The van der Waals surface area contributed by atoms with E-state index >= 15 is 0 Å². The van der Waals surface area contributed by atoms with Crippen LogP contribution in [-0.4, -0.2) is 48.1 Å². The van der Waals surface area contributed by atoms with E-state index in [9.17, 15) is 14.0 Å². The van der Waals surface area contributed by atoms with Crippen molar-refractivity contribution in [1.29, 1.82) is 0 Å². The van der Waals surface area contributed by atoms with Crippen molar-refractivity contribution in [3.05, 3.63) is 59.9 Å². The number of carbonyl (C=O) groups is 2. The van der Waals surface area contributed by atoms with Gasteiger partial charge < -0.3 is 20.1 Å². The molecule has 0 bridgehead atoms. The van der Waals surface area contributed by atoms with E-state index in [1.807, 2.05) is 24.3 Å². The number of nitrogens with one attached hydrogen (secondary N) is 2. The molecule has 2 aliphatic rings. The van der Waals surface area contributed by atoms with Crippen LogP contribution in [0.4, 0.5) is 4.39 Å². The maximum Gasteiger partial charge on any atom is 0.243 e. The zero-order valence-electron chi connectivity index (χ0n) is 15.6. The molecule has 4 rings (SSSR count). The summed E-state index contributed by atoms with van der Waals surface area (Å²) < 4.78 is 24.5. The van der Waals surface area contributed by atoms with Crippen molar-refractivity contribution in [3.63, 3.8) is 0 Å². The van der Waals surface area contributed by atoms with Gasteiger partial charge in [-0.25, -0.2) is 4.39 Å². The van der Waals surface area contributed by atoms with Gasteiger partial charge in [-0.1, -0.05) is 24.3 Å². The van der Waals surface area contributed by atoms with Gasteiger partial charge in [-0.05, 0) is 36.2 Å². The van der Waals surface area contributed by atoms with E-state index in [0.717, 1.165) is 5.56 Å². The highest BCUT2D eigenvalue weighted by molar-refractivity contribution is 8.00. The van der Waals surface area contributed by atoms with E-state index in [2.05, 4.69) is 10.6 Å². The monoisotopic (exact) mass is 416 g/mol. The van der Waals surface area contributed by atoms with Crippen LogP contribution in [0.2, 0.25) is 0 Å². The molecule has 29 heavy (non-hydrogen) atoms. The van der Waals surface area contributed by atoms with Crippen LogP contribution in [0.3, 0.4) is 0 Å². The van der Waals surface area contributed by atoms with Crippen molar-refractivity contribution < 1.29 is 23.5 Å². The van der Waals surface area contributed by atoms with E-state index in [1.165, 1.54) is 23.9 Å². The lowest BCUT2D eigenvalue weighted by Gasteiger charge is -2.30. The minimum atomic E-state index is -0.589. The molecule has 2 aliphatic heterocycles. The molecular formula is C21H21FN2O4S. The molecular weight excluding hydrogens is 395 g/mol. The highest BCUT2D eigenvalue weighted by Gasteiger charge is 2.33. The standard InChI is InChI=1S/C21H21FN2O4S/c22-14-7-5-13(6-8-14)9-19-21(26)24-16(12-29-19)20(25)23-10-15-11-27-17-3-1-2-4-18(17)28-15/h1-8,15-16,19H,9-12H2,(H,23,25)(H,24,26)/t15-,16-,19-/m1/s1. The molecule has 0 saturated carbocycles. The Morgan fingerprint density at radius 1 is 1.17 bits per heavy atom. The van der Waals surface area contributed by atoms with E-state index < -0.39 is 6.04 Å². The summed E-state index contributed by atoms with van der Waals surface area (Å²) in [6.07, 6.45) is 0.213. The topological polar surface area (TPSA) is 76.7 Å². The van der Waals surface area contributed by atoms with Crippen molar-refractivity contribution in [2.75, 3.05) is 18.9 Å². The van der Waals surface area contributed by atoms with Crippen LogP contribution in [0, 0.1) is 5.82 Å². The molecule has 0 aliphatic carbocycles. The molecule has 1 saturated heterocycles. The first-order valence-electron chi connectivity index (χ1n) is 9.41. The first-order valence-corrected chi connectivity index (χ1v) is 10.5. The van der Waals surface area contributed by atoms with Crippen molar-refractivity contribution in [3.8, 4) is 11.5 Å². The lowest BCUT2D eigenvalue weighted by Crippen LogP contribution is -2.55. The zero-order chi connectivity index (χ0) is 20.2. The quantitative estimate of drug-likeness (QED) is 0.779. The Kier molecular flexibility index (Phi) is 5.89. The Morgan fingerprint density at radius 3 is 2.69 bits per heavy atom. The molecule has 0 spiro atoms. The van der Waals surface area contributed by atoms with Crippen LogP contribution in [0.25, 0.3) is 0 Å². The number of rotatable bonds is 5. The number of benzene rings is 2. The fraction of sp³-hybridized carbons (Fsp3) is 0.333. The summed E-state index contributed by atoms with van der Waals surface area (Å²) in [4.78, 5) is 24.9. The SMILES string of the molecule is O=C(NC[C@@H]1COc2ccccc2O1)[C@H]1CS[C@H](Cc2ccc(F)cc2)C(=O)N1. The van der Waals surface area contributed by atoms with Crippen LogP contribution >= 0.6 is 11.8 Å². The molecule has 0 radical (unpaired) electrons. The van der Waals surface area contributed by atoms with Crippen LogP contribution in [-0.2, 0) is 16.0 Å². The molecule has 2 heterocycles. The summed E-state index contributed by atoms with van der Waals surface area (Å²) in [5.74, 6) is 1.10. The van der Waals surface area contributed by atoms with E-state index in [0.29, 0.717) is 36.8 Å². The average Bonchev–Trinajstić information content (AvgIpc) is 2.74. The number of amides is 2. The number of halogens is 1. The first kappa shape index (κ1) is 19.6. The molecule has 152 valence electrons. The third-order valence-corrected chi connectivity index (χ3v) is 6.10. The maximum atomic E-state index is 13.0. The average molecular weight is 416 g/mol. The second-order valence-corrected chi connectivity index (χ2v) is 8.19. The second-order valence-electron chi connectivity index (χ2n) is 6.96. The van der Waals surface area contributed by atoms with Gasteiger partial charge in [0.05, 0.1) is 11.8 Å². The van der Waals surface area contributed by atoms with Crippen LogP contribution < -0.4 is 20.1 Å². The Morgan fingerprint density at radius 2 is 1.93 bits per heavy atom.